The highest BCUT2D eigenvalue weighted by atomic mass is 28.3. The lowest BCUT2D eigenvalue weighted by Crippen LogP contribution is -2.29. The van der Waals surface area contributed by atoms with Gasteiger partial charge in [0.25, 0.3) is 5.56 Å². The van der Waals surface area contributed by atoms with Gasteiger partial charge in [-0.05, 0) is 55.8 Å². The van der Waals surface area contributed by atoms with Crippen LogP contribution in [0.3, 0.4) is 0 Å². The van der Waals surface area contributed by atoms with Crippen LogP contribution in [-0.4, -0.2) is 50.5 Å². The summed E-state index contributed by atoms with van der Waals surface area (Å²) in [6, 6.07) is 17.7. The summed E-state index contributed by atoms with van der Waals surface area (Å²) >= 11 is 0. The zero-order valence-electron chi connectivity index (χ0n) is 27.1. The number of hydrogen-bond acceptors (Lipinski definition) is 8. The number of nitrogens with two attached hydrogens (primary N) is 1. The monoisotopic (exact) mass is 636 g/mol. The molecular weight excluding hydrogens is 597 g/mol. The van der Waals surface area contributed by atoms with Crippen LogP contribution >= 0.6 is 0 Å². The number of nitrogen functional groups attached to an aromatic ring is 1. The number of aryl methyl sites for hydroxylation is 1. The van der Waals surface area contributed by atoms with Gasteiger partial charge in [-0.1, -0.05) is 37.8 Å². The first-order valence-electron chi connectivity index (χ1n) is 15.3. The van der Waals surface area contributed by atoms with Gasteiger partial charge in [-0.15, -0.1) is 0 Å². The number of ether oxygens (including phenoxy) is 2. The molecule has 1 unspecified atom stereocenters. The van der Waals surface area contributed by atoms with Gasteiger partial charge in [-0.25, -0.2) is 14.5 Å². The molecule has 46 heavy (non-hydrogen) atoms. The fourth-order valence-corrected chi connectivity index (χ4v) is 6.37. The van der Waals surface area contributed by atoms with Gasteiger partial charge >= 0.3 is 0 Å². The molecule has 3 N–H and O–H groups in total. The van der Waals surface area contributed by atoms with E-state index >= 15 is 0 Å². The van der Waals surface area contributed by atoms with Crippen LogP contribution in [0.2, 0.25) is 25.7 Å². The van der Waals surface area contributed by atoms with E-state index in [2.05, 4.69) is 25.0 Å². The summed E-state index contributed by atoms with van der Waals surface area (Å²) in [5.74, 6) is 1.76. The predicted octanol–water partition coefficient (Wildman–Crippen LogP) is 6.28. The van der Waals surface area contributed by atoms with Gasteiger partial charge in [0.2, 0.25) is 0 Å². The standard InChI is InChI=1S/C34H40N8O3Si/c1-22-14-15-41-30(22)34(43)42(25-10-8-7-9-11-25)32(39-41)23(2)38-31-29-27(26-13-12-24(35)18-28(26)44-3)19-40(33(29)37-20-36-31)21-45-16-17-46(4,5)6/h7-15,18-20,23H,16-17,21,35H2,1-6H3,(H,36,37,38). The van der Waals surface area contributed by atoms with E-state index < -0.39 is 14.1 Å². The lowest BCUT2D eigenvalue weighted by molar-refractivity contribution is 0.0899. The van der Waals surface area contributed by atoms with E-state index in [1.165, 1.54) is 6.33 Å². The fourth-order valence-electron chi connectivity index (χ4n) is 5.62. The van der Waals surface area contributed by atoms with Gasteiger partial charge in [0.05, 0.1) is 24.2 Å². The molecule has 1 atom stereocenters. The van der Waals surface area contributed by atoms with Crippen molar-refractivity contribution >= 4 is 36.1 Å². The Labute approximate surface area is 268 Å². The first kappa shape index (κ1) is 31.1. The highest BCUT2D eigenvalue weighted by molar-refractivity contribution is 6.76. The van der Waals surface area contributed by atoms with Crippen molar-refractivity contribution < 1.29 is 9.47 Å². The normalized spacial score (nSPS) is 12.6. The zero-order valence-corrected chi connectivity index (χ0v) is 28.1. The third kappa shape index (κ3) is 6.00. The van der Waals surface area contributed by atoms with Crippen molar-refractivity contribution in [2.45, 2.75) is 52.3 Å². The van der Waals surface area contributed by atoms with Gasteiger partial charge in [0, 0.05) is 50.0 Å². The molecule has 0 radical (unpaired) electrons. The topological polar surface area (TPSA) is 127 Å². The van der Waals surface area contributed by atoms with Crippen molar-refractivity contribution in [2.24, 2.45) is 0 Å². The van der Waals surface area contributed by atoms with Crippen molar-refractivity contribution in [1.29, 1.82) is 0 Å². The molecule has 238 valence electrons. The first-order valence-corrected chi connectivity index (χ1v) is 19.0. The molecule has 4 heterocycles. The quantitative estimate of drug-likeness (QED) is 0.0967. The molecule has 0 bridgehead atoms. The Hall–Kier alpha value is -4.94. The van der Waals surface area contributed by atoms with Crippen LogP contribution in [0.15, 0.2) is 78.1 Å². The van der Waals surface area contributed by atoms with Crippen molar-refractivity contribution in [1.82, 2.24) is 28.7 Å². The third-order valence-electron chi connectivity index (χ3n) is 8.06. The summed E-state index contributed by atoms with van der Waals surface area (Å²) in [4.78, 5) is 23.3. The first-order chi connectivity index (χ1) is 22.1. The SMILES string of the molecule is COc1cc(N)ccc1-c1cn(COCC[Si](C)(C)C)c2ncnc(NC(C)c3nn4ccc(C)c4c(=O)n3-c3ccccc3)c12. The molecule has 6 aromatic rings. The van der Waals surface area contributed by atoms with Crippen LogP contribution in [-0.2, 0) is 11.5 Å². The number of methoxy groups -OCH3 is 1. The molecule has 2 aromatic carbocycles. The minimum atomic E-state index is -1.25. The van der Waals surface area contributed by atoms with Crippen LogP contribution in [0.1, 0.15) is 24.4 Å². The van der Waals surface area contributed by atoms with Crippen molar-refractivity contribution in [3.8, 4) is 22.6 Å². The van der Waals surface area contributed by atoms with Crippen LogP contribution in [0.5, 0.6) is 5.75 Å². The molecular formula is C34H40N8O3Si. The van der Waals surface area contributed by atoms with Crippen molar-refractivity contribution in [2.75, 3.05) is 24.8 Å². The van der Waals surface area contributed by atoms with Crippen molar-refractivity contribution in [3.05, 3.63) is 95.1 Å². The summed E-state index contributed by atoms with van der Waals surface area (Å²) in [6.07, 6.45) is 5.37. The van der Waals surface area contributed by atoms with Crippen molar-refractivity contribution in [3.63, 3.8) is 0 Å². The molecule has 4 aromatic heterocycles. The summed E-state index contributed by atoms with van der Waals surface area (Å²) in [7, 11) is 0.374. The molecule has 0 aliphatic rings. The number of fused-ring (bicyclic) bond motifs is 2. The molecule has 0 fully saturated rings. The van der Waals surface area contributed by atoms with Gasteiger partial charge in [-0.2, -0.15) is 5.10 Å². The van der Waals surface area contributed by atoms with E-state index in [0.717, 1.165) is 33.8 Å². The second-order valence-electron chi connectivity index (χ2n) is 12.7. The third-order valence-corrected chi connectivity index (χ3v) is 9.77. The van der Waals surface area contributed by atoms with E-state index in [0.29, 0.717) is 47.6 Å². The molecule has 11 nitrogen and oxygen atoms in total. The second kappa shape index (κ2) is 12.5. The lowest BCUT2D eigenvalue weighted by atomic mass is 10.0. The van der Waals surface area contributed by atoms with Gasteiger partial charge in [0.1, 0.15) is 35.8 Å². The van der Waals surface area contributed by atoms with Crippen LogP contribution in [0.25, 0.3) is 33.4 Å². The maximum absolute atomic E-state index is 13.9. The lowest BCUT2D eigenvalue weighted by Gasteiger charge is -2.20. The van der Waals surface area contributed by atoms with Crippen LogP contribution < -0.4 is 21.3 Å². The zero-order chi connectivity index (χ0) is 32.6. The van der Waals surface area contributed by atoms with Gasteiger partial charge in [0.15, 0.2) is 5.82 Å². The van der Waals surface area contributed by atoms with E-state index in [1.807, 2.05) is 79.3 Å². The van der Waals surface area contributed by atoms with E-state index in [4.69, 9.17) is 30.3 Å². The minimum Gasteiger partial charge on any atom is -0.496 e. The maximum Gasteiger partial charge on any atom is 0.282 e. The number of anilines is 2. The average Bonchev–Trinajstić information content (AvgIpc) is 3.60. The highest BCUT2D eigenvalue weighted by Gasteiger charge is 2.24. The highest BCUT2D eigenvalue weighted by Crippen LogP contribution is 2.40. The Bertz CT molecular complexity index is 2080. The summed E-state index contributed by atoms with van der Waals surface area (Å²) in [5, 5.41) is 9.28. The summed E-state index contributed by atoms with van der Waals surface area (Å²) in [5.41, 5.74) is 11.1. The Morgan fingerprint density at radius 2 is 1.83 bits per heavy atom. The van der Waals surface area contributed by atoms with Gasteiger partial charge < -0.3 is 25.1 Å². The van der Waals surface area contributed by atoms with E-state index in [-0.39, 0.29) is 5.56 Å². The number of rotatable bonds is 11. The predicted molar refractivity (Wildman–Crippen MR) is 186 cm³/mol. The van der Waals surface area contributed by atoms with E-state index in [9.17, 15) is 4.79 Å². The Morgan fingerprint density at radius 3 is 2.57 bits per heavy atom. The molecule has 0 aliphatic heterocycles. The smallest absolute Gasteiger partial charge is 0.282 e. The number of para-hydroxylation sites is 1. The molecule has 6 rings (SSSR count). The summed E-state index contributed by atoms with van der Waals surface area (Å²) < 4.78 is 17.2. The number of aromatic nitrogens is 6. The number of nitrogens with one attached hydrogen (secondary N) is 1. The average molecular weight is 637 g/mol. The largest absolute Gasteiger partial charge is 0.496 e. The molecule has 0 spiro atoms. The van der Waals surface area contributed by atoms with Crippen LogP contribution in [0, 0.1) is 6.92 Å². The number of benzene rings is 2. The Kier molecular flexibility index (Phi) is 8.41. The minimum absolute atomic E-state index is 0.144. The molecule has 0 saturated heterocycles. The molecule has 0 aliphatic carbocycles. The second-order valence-corrected chi connectivity index (χ2v) is 18.4. The summed E-state index contributed by atoms with van der Waals surface area (Å²) in [6.45, 7) is 11.9. The fraction of sp³-hybridized carbons (Fsp3) is 0.294. The number of hydrogen-bond donors (Lipinski definition) is 2. The molecule has 0 amide bonds. The number of nitrogens with zero attached hydrogens (tertiary/aromatic N) is 6. The van der Waals surface area contributed by atoms with Gasteiger partial charge in [-0.3, -0.25) is 9.36 Å². The van der Waals surface area contributed by atoms with E-state index in [1.54, 1.807) is 22.3 Å². The molecule has 0 saturated carbocycles. The Balaban J connectivity index is 1.47. The molecule has 12 heteroatoms. The Morgan fingerprint density at radius 1 is 1.04 bits per heavy atom. The van der Waals surface area contributed by atoms with Crippen LogP contribution in [0.4, 0.5) is 11.5 Å². The maximum atomic E-state index is 13.9.